The fraction of sp³-hybridized carbons (Fsp3) is 0.571. The van der Waals surface area contributed by atoms with Crippen LogP contribution < -0.4 is 16.5 Å². The summed E-state index contributed by atoms with van der Waals surface area (Å²) in [6.07, 6.45) is 2.47. The van der Waals surface area contributed by atoms with Crippen LogP contribution in [0.5, 0.6) is 0 Å². The third-order valence-electron chi connectivity index (χ3n) is 3.35. The molecule has 0 aromatic carbocycles. The van der Waals surface area contributed by atoms with Crippen LogP contribution in [0.4, 0.5) is 0 Å². The van der Waals surface area contributed by atoms with E-state index in [0.29, 0.717) is 17.4 Å². The lowest BCUT2D eigenvalue weighted by atomic mass is 10.3. The molecule has 0 radical (unpaired) electrons. The number of aryl methyl sites for hydroxylation is 1. The highest BCUT2D eigenvalue weighted by atomic mass is 16.6. The second-order valence-corrected chi connectivity index (χ2v) is 5.08. The molecule has 1 aliphatic rings. The van der Waals surface area contributed by atoms with Crippen molar-refractivity contribution < 1.29 is 18.4 Å². The summed E-state index contributed by atoms with van der Waals surface area (Å²) in [7, 11) is 1.65. The molecule has 1 aliphatic carbocycles. The summed E-state index contributed by atoms with van der Waals surface area (Å²) in [6, 6.07) is 0. The average Bonchev–Trinajstić information content (AvgIpc) is 3.20. The predicted octanol–water partition coefficient (Wildman–Crippen LogP) is 1.03. The van der Waals surface area contributed by atoms with Gasteiger partial charge in [-0.3, -0.25) is 0 Å². The van der Waals surface area contributed by atoms with Crippen molar-refractivity contribution in [1.82, 2.24) is 10.6 Å². The van der Waals surface area contributed by atoms with E-state index in [0.717, 1.165) is 12.2 Å². The number of ether oxygens (including phenoxy) is 1. The van der Waals surface area contributed by atoms with Crippen molar-refractivity contribution in [1.29, 1.82) is 0 Å². The molecule has 0 unspecified atom stereocenters. The standard InChI is InChI=1S/C14H20N2O5/c1-8(16-6-10-4-5-10)12(15-3)13(17)19-7-11-9(2)20-14(18)21-11/h10,15-16H,4-7H2,1-3H3/b12-8-. The normalized spacial score (nSPS) is 15.4. The van der Waals surface area contributed by atoms with Crippen molar-refractivity contribution in [3.63, 3.8) is 0 Å². The first-order valence-corrected chi connectivity index (χ1v) is 6.90. The Morgan fingerprint density at radius 3 is 2.62 bits per heavy atom. The largest absolute Gasteiger partial charge is 0.519 e. The summed E-state index contributed by atoms with van der Waals surface area (Å²) in [6.45, 7) is 4.11. The quantitative estimate of drug-likeness (QED) is 0.573. The second-order valence-electron chi connectivity index (χ2n) is 5.08. The highest BCUT2D eigenvalue weighted by molar-refractivity contribution is 5.88. The van der Waals surface area contributed by atoms with Crippen LogP contribution in [-0.2, 0) is 16.1 Å². The molecule has 1 fully saturated rings. The van der Waals surface area contributed by atoms with Gasteiger partial charge in [-0.15, -0.1) is 0 Å². The maximum absolute atomic E-state index is 12.0. The molecule has 7 nitrogen and oxygen atoms in total. The van der Waals surface area contributed by atoms with Gasteiger partial charge in [0.2, 0.25) is 0 Å². The van der Waals surface area contributed by atoms with Gasteiger partial charge in [0.05, 0.1) is 0 Å². The van der Waals surface area contributed by atoms with E-state index in [1.165, 1.54) is 12.8 Å². The van der Waals surface area contributed by atoms with E-state index < -0.39 is 11.8 Å². The highest BCUT2D eigenvalue weighted by Gasteiger charge is 2.22. The van der Waals surface area contributed by atoms with Crippen molar-refractivity contribution in [3.05, 3.63) is 33.5 Å². The predicted molar refractivity (Wildman–Crippen MR) is 74.3 cm³/mol. The number of rotatable bonds is 7. The number of nitrogens with one attached hydrogen (secondary N) is 2. The number of likely N-dealkylation sites (N-methyl/N-ethyl adjacent to an activating group) is 1. The number of carbonyl (C=O) groups excluding carboxylic acids is 1. The summed E-state index contributed by atoms with van der Waals surface area (Å²) < 4.78 is 14.6. The van der Waals surface area contributed by atoms with Gasteiger partial charge in [0.1, 0.15) is 5.70 Å². The van der Waals surface area contributed by atoms with Crippen molar-refractivity contribution in [3.8, 4) is 0 Å². The summed E-state index contributed by atoms with van der Waals surface area (Å²) in [5.41, 5.74) is 1.10. The fourth-order valence-electron chi connectivity index (χ4n) is 1.86. The van der Waals surface area contributed by atoms with Crippen LogP contribution in [0.1, 0.15) is 31.3 Å². The Bertz CT molecular complexity index is 595. The molecule has 2 rings (SSSR count). The van der Waals surface area contributed by atoms with E-state index in [4.69, 9.17) is 13.6 Å². The molecule has 7 heteroatoms. The number of carbonyl (C=O) groups is 1. The molecular weight excluding hydrogens is 276 g/mol. The number of esters is 1. The van der Waals surface area contributed by atoms with E-state index in [1.807, 2.05) is 6.92 Å². The third kappa shape index (κ3) is 4.14. The molecule has 0 atom stereocenters. The fourth-order valence-corrected chi connectivity index (χ4v) is 1.86. The number of allylic oxidation sites excluding steroid dienone is 1. The molecule has 0 saturated heterocycles. The minimum absolute atomic E-state index is 0.141. The number of hydrogen-bond donors (Lipinski definition) is 2. The Kier molecular flexibility index (Phi) is 4.72. The highest BCUT2D eigenvalue weighted by Crippen LogP contribution is 2.27. The van der Waals surface area contributed by atoms with Crippen LogP contribution in [0.25, 0.3) is 0 Å². The van der Waals surface area contributed by atoms with Gasteiger partial charge in [0.15, 0.2) is 18.1 Å². The molecule has 0 bridgehead atoms. The summed E-state index contributed by atoms with van der Waals surface area (Å²) in [4.78, 5) is 22.9. The number of hydrogen-bond acceptors (Lipinski definition) is 7. The molecule has 0 amide bonds. The zero-order valence-corrected chi connectivity index (χ0v) is 12.4. The van der Waals surface area contributed by atoms with Crippen molar-refractivity contribution in [2.75, 3.05) is 13.6 Å². The first kappa shape index (κ1) is 15.2. The maximum atomic E-state index is 12.0. The minimum Gasteiger partial charge on any atom is -0.453 e. The maximum Gasteiger partial charge on any atom is 0.519 e. The first-order valence-electron chi connectivity index (χ1n) is 6.90. The molecule has 2 N–H and O–H groups in total. The van der Waals surface area contributed by atoms with Gasteiger partial charge in [0, 0.05) is 19.3 Å². The van der Waals surface area contributed by atoms with Crippen molar-refractivity contribution in [2.45, 2.75) is 33.3 Å². The van der Waals surface area contributed by atoms with Gasteiger partial charge in [0.25, 0.3) is 0 Å². The second kappa shape index (κ2) is 6.51. The van der Waals surface area contributed by atoms with Gasteiger partial charge in [-0.05, 0) is 32.6 Å². The van der Waals surface area contributed by atoms with Gasteiger partial charge >= 0.3 is 11.8 Å². The van der Waals surface area contributed by atoms with Crippen LogP contribution in [0.2, 0.25) is 0 Å². The summed E-state index contributed by atoms with van der Waals surface area (Å²) >= 11 is 0. The topological polar surface area (TPSA) is 93.7 Å². The molecule has 21 heavy (non-hydrogen) atoms. The van der Waals surface area contributed by atoms with Crippen LogP contribution in [0, 0.1) is 12.8 Å². The minimum atomic E-state index is -0.801. The molecular formula is C14H20N2O5. The van der Waals surface area contributed by atoms with E-state index in [9.17, 15) is 9.59 Å². The van der Waals surface area contributed by atoms with Gasteiger partial charge in [-0.25, -0.2) is 9.59 Å². The SMILES string of the molecule is CN/C(C(=O)OCc1oc(=O)oc1C)=C(/C)NCC1CC1. The molecule has 116 valence electrons. The van der Waals surface area contributed by atoms with Gasteiger partial charge < -0.3 is 24.2 Å². The zero-order valence-electron chi connectivity index (χ0n) is 12.4. The molecule has 0 spiro atoms. The molecule has 1 heterocycles. The van der Waals surface area contributed by atoms with E-state index in [2.05, 4.69) is 10.6 Å². The molecule has 1 aromatic heterocycles. The average molecular weight is 296 g/mol. The van der Waals surface area contributed by atoms with Crippen LogP contribution >= 0.6 is 0 Å². The zero-order chi connectivity index (χ0) is 15.4. The molecule has 1 saturated carbocycles. The Morgan fingerprint density at radius 2 is 2.10 bits per heavy atom. The Balaban J connectivity index is 1.93. The monoisotopic (exact) mass is 296 g/mol. The van der Waals surface area contributed by atoms with Crippen molar-refractivity contribution in [2.24, 2.45) is 5.92 Å². The first-order chi connectivity index (χ1) is 10.0. The van der Waals surface area contributed by atoms with Crippen molar-refractivity contribution >= 4 is 5.97 Å². The third-order valence-corrected chi connectivity index (χ3v) is 3.35. The molecule has 0 aliphatic heterocycles. The Morgan fingerprint density at radius 1 is 1.38 bits per heavy atom. The van der Waals surface area contributed by atoms with E-state index >= 15 is 0 Å². The van der Waals surface area contributed by atoms with Crippen LogP contribution in [0.15, 0.2) is 25.0 Å². The smallest absolute Gasteiger partial charge is 0.453 e. The van der Waals surface area contributed by atoms with Gasteiger partial charge in [-0.2, -0.15) is 0 Å². The lowest BCUT2D eigenvalue weighted by molar-refractivity contribution is -0.141. The van der Waals surface area contributed by atoms with E-state index in [-0.39, 0.29) is 12.4 Å². The summed E-state index contributed by atoms with van der Waals surface area (Å²) in [5.74, 6) is -0.0811. The lowest BCUT2D eigenvalue weighted by Crippen LogP contribution is -2.26. The molecule has 1 aromatic rings. The Hall–Kier alpha value is -2.18. The Labute approximate surface area is 122 Å². The van der Waals surface area contributed by atoms with E-state index in [1.54, 1.807) is 14.0 Å². The summed E-state index contributed by atoms with van der Waals surface area (Å²) in [5, 5.41) is 6.04. The van der Waals surface area contributed by atoms with Crippen LogP contribution in [-0.4, -0.2) is 19.6 Å². The van der Waals surface area contributed by atoms with Crippen LogP contribution in [0.3, 0.4) is 0 Å². The van der Waals surface area contributed by atoms with Gasteiger partial charge in [-0.1, -0.05) is 0 Å². The lowest BCUT2D eigenvalue weighted by Gasteiger charge is -2.12.